The monoisotopic (exact) mass is 268 g/mol. The van der Waals surface area contributed by atoms with Crippen molar-refractivity contribution < 1.29 is 0 Å². The number of hydrogen-bond donors (Lipinski definition) is 0. The van der Waals surface area contributed by atoms with Crippen molar-refractivity contribution in [3.8, 4) is 17.1 Å². The minimum atomic E-state index is 0.599. The van der Waals surface area contributed by atoms with E-state index >= 15 is 0 Å². The van der Waals surface area contributed by atoms with Gasteiger partial charge in [-0.2, -0.15) is 9.90 Å². The summed E-state index contributed by atoms with van der Waals surface area (Å²) in [5.74, 6) is 0.599. The van der Waals surface area contributed by atoms with Gasteiger partial charge in [-0.25, -0.2) is 4.68 Å². The highest BCUT2D eigenvalue weighted by atomic mass is 15.6. The summed E-state index contributed by atoms with van der Waals surface area (Å²) in [5, 5.41) is 16.6. The van der Waals surface area contributed by atoms with Crippen molar-refractivity contribution >= 4 is 0 Å². The molecule has 0 spiro atoms. The standard InChI is InChI=1S/C14H16N6/c1-4-20-17-14(16-18-20)12-8-15-19(9-12)13-6-5-10(2)11(3)7-13/h5-9H,4H2,1-3H3. The number of tetrazole rings is 1. The Hall–Kier alpha value is -2.50. The van der Waals surface area contributed by atoms with Crippen LogP contribution < -0.4 is 0 Å². The molecule has 0 aliphatic carbocycles. The van der Waals surface area contributed by atoms with Gasteiger partial charge in [-0.05, 0) is 49.2 Å². The molecule has 0 saturated carbocycles. The molecule has 3 aromatic rings. The van der Waals surface area contributed by atoms with E-state index in [9.17, 15) is 0 Å². The van der Waals surface area contributed by atoms with Crippen LogP contribution in [0.15, 0.2) is 30.6 Å². The molecule has 0 atom stereocenters. The van der Waals surface area contributed by atoms with Crippen LogP contribution in [0.1, 0.15) is 18.1 Å². The quantitative estimate of drug-likeness (QED) is 0.730. The second-order valence-corrected chi connectivity index (χ2v) is 4.74. The highest BCUT2D eigenvalue weighted by Gasteiger charge is 2.09. The van der Waals surface area contributed by atoms with E-state index in [0.29, 0.717) is 12.4 Å². The first-order chi connectivity index (χ1) is 9.67. The van der Waals surface area contributed by atoms with Crippen molar-refractivity contribution in [2.75, 3.05) is 0 Å². The van der Waals surface area contributed by atoms with Crippen molar-refractivity contribution in [1.29, 1.82) is 0 Å². The largest absolute Gasteiger partial charge is 0.240 e. The van der Waals surface area contributed by atoms with Gasteiger partial charge < -0.3 is 0 Å². The van der Waals surface area contributed by atoms with Gasteiger partial charge >= 0.3 is 0 Å². The van der Waals surface area contributed by atoms with E-state index in [1.807, 2.05) is 17.8 Å². The van der Waals surface area contributed by atoms with Crippen molar-refractivity contribution in [3.63, 3.8) is 0 Å². The summed E-state index contributed by atoms with van der Waals surface area (Å²) >= 11 is 0. The fourth-order valence-corrected chi connectivity index (χ4v) is 1.94. The normalized spacial score (nSPS) is 10.9. The molecule has 0 radical (unpaired) electrons. The van der Waals surface area contributed by atoms with Crippen molar-refractivity contribution in [2.45, 2.75) is 27.3 Å². The first-order valence-electron chi connectivity index (χ1n) is 6.58. The van der Waals surface area contributed by atoms with Gasteiger partial charge in [-0.3, -0.25) is 0 Å². The first kappa shape index (κ1) is 12.5. The number of aryl methyl sites for hydroxylation is 3. The zero-order chi connectivity index (χ0) is 14.1. The van der Waals surface area contributed by atoms with Gasteiger partial charge in [0.2, 0.25) is 5.82 Å². The Kier molecular flexibility index (Phi) is 3.06. The van der Waals surface area contributed by atoms with Gasteiger partial charge in [0.1, 0.15) is 0 Å². The lowest BCUT2D eigenvalue weighted by molar-refractivity contribution is 0.553. The maximum absolute atomic E-state index is 4.37. The molecule has 2 aromatic heterocycles. The zero-order valence-corrected chi connectivity index (χ0v) is 11.8. The molecule has 3 rings (SSSR count). The second-order valence-electron chi connectivity index (χ2n) is 4.74. The van der Waals surface area contributed by atoms with E-state index in [1.165, 1.54) is 11.1 Å². The lowest BCUT2D eigenvalue weighted by Crippen LogP contribution is -1.98. The summed E-state index contributed by atoms with van der Waals surface area (Å²) in [6.45, 7) is 6.88. The molecular formula is C14H16N6. The molecule has 0 bridgehead atoms. The Morgan fingerprint density at radius 2 is 2.00 bits per heavy atom. The van der Waals surface area contributed by atoms with Crippen LogP contribution in [0, 0.1) is 13.8 Å². The molecule has 0 fully saturated rings. The number of hydrogen-bond acceptors (Lipinski definition) is 4. The van der Waals surface area contributed by atoms with E-state index in [0.717, 1.165) is 11.3 Å². The maximum atomic E-state index is 4.37. The van der Waals surface area contributed by atoms with E-state index < -0.39 is 0 Å². The molecule has 20 heavy (non-hydrogen) atoms. The van der Waals surface area contributed by atoms with Gasteiger partial charge in [-0.15, -0.1) is 10.2 Å². The summed E-state index contributed by atoms with van der Waals surface area (Å²) in [5.41, 5.74) is 4.41. The van der Waals surface area contributed by atoms with Gasteiger partial charge in [-0.1, -0.05) is 6.07 Å². The molecular weight excluding hydrogens is 252 g/mol. The first-order valence-corrected chi connectivity index (χ1v) is 6.58. The molecule has 0 aliphatic rings. The van der Waals surface area contributed by atoms with Crippen LogP contribution in [0.4, 0.5) is 0 Å². The fourth-order valence-electron chi connectivity index (χ4n) is 1.94. The van der Waals surface area contributed by atoms with Crippen LogP contribution in [0.3, 0.4) is 0 Å². The molecule has 6 heteroatoms. The Balaban J connectivity index is 1.95. The molecule has 0 aliphatic heterocycles. The number of aromatic nitrogens is 6. The van der Waals surface area contributed by atoms with E-state index in [-0.39, 0.29) is 0 Å². The molecule has 1 aromatic carbocycles. The number of rotatable bonds is 3. The summed E-state index contributed by atoms with van der Waals surface area (Å²) in [4.78, 5) is 1.56. The highest BCUT2D eigenvalue weighted by molar-refractivity contribution is 5.52. The molecule has 0 unspecified atom stereocenters. The Morgan fingerprint density at radius 3 is 2.70 bits per heavy atom. The van der Waals surface area contributed by atoms with E-state index in [1.54, 1.807) is 11.0 Å². The average molecular weight is 268 g/mol. The predicted molar refractivity (Wildman–Crippen MR) is 75.5 cm³/mol. The lowest BCUT2D eigenvalue weighted by Gasteiger charge is -2.04. The molecule has 0 N–H and O–H groups in total. The Morgan fingerprint density at radius 1 is 1.15 bits per heavy atom. The summed E-state index contributed by atoms with van der Waals surface area (Å²) in [6.07, 6.45) is 3.67. The molecule has 2 heterocycles. The third kappa shape index (κ3) is 2.20. The number of nitrogens with zero attached hydrogens (tertiary/aromatic N) is 6. The Bertz CT molecular complexity index is 740. The van der Waals surface area contributed by atoms with Gasteiger partial charge in [0, 0.05) is 6.20 Å². The van der Waals surface area contributed by atoms with Crippen molar-refractivity contribution in [2.24, 2.45) is 0 Å². The van der Waals surface area contributed by atoms with Crippen LogP contribution in [-0.2, 0) is 6.54 Å². The van der Waals surface area contributed by atoms with Crippen LogP contribution in [-0.4, -0.2) is 30.0 Å². The topological polar surface area (TPSA) is 61.4 Å². The highest BCUT2D eigenvalue weighted by Crippen LogP contribution is 2.17. The summed E-state index contributed by atoms with van der Waals surface area (Å²) in [6, 6.07) is 6.26. The molecule has 0 amide bonds. The SMILES string of the molecule is CCn1nnc(-c2cnn(-c3ccc(C)c(C)c3)c2)n1. The minimum Gasteiger partial charge on any atom is -0.240 e. The summed E-state index contributed by atoms with van der Waals surface area (Å²) < 4.78 is 1.83. The fraction of sp³-hybridized carbons (Fsp3) is 0.286. The molecule has 6 nitrogen and oxygen atoms in total. The third-order valence-corrected chi connectivity index (χ3v) is 3.33. The van der Waals surface area contributed by atoms with Crippen molar-refractivity contribution in [3.05, 3.63) is 41.7 Å². The number of benzene rings is 1. The molecule has 0 saturated heterocycles. The minimum absolute atomic E-state index is 0.599. The van der Waals surface area contributed by atoms with Crippen LogP contribution >= 0.6 is 0 Å². The van der Waals surface area contributed by atoms with Gasteiger partial charge in [0.15, 0.2) is 0 Å². The Labute approximate surface area is 117 Å². The smallest absolute Gasteiger partial charge is 0.208 e. The van der Waals surface area contributed by atoms with Crippen molar-refractivity contribution in [1.82, 2.24) is 30.0 Å². The van der Waals surface area contributed by atoms with Crippen LogP contribution in [0.5, 0.6) is 0 Å². The molecule has 102 valence electrons. The second kappa shape index (κ2) is 4.88. The average Bonchev–Trinajstić information content (AvgIpc) is 3.09. The van der Waals surface area contributed by atoms with E-state index in [2.05, 4.69) is 52.6 Å². The van der Waals surface area contributed by atoms with Crippen LogP contribution in [0.25, 0.3) is 17.1 Å². The zero-order valence-electron chi connectivity index (χ0n) is 11.8. The predicted octanol–water partition coefficient (Wildman–Crippen LogP) is 2.16. The third-order valence-electron chi connectivity index (χ3n) is 3.33. The van der Waals surface area contributed by atoms with Gasteiger partial charge in [0.05, 0.1) is 24.0 Å². The van der Waals surface area contributed by atoms with Gasteiger partial charge in [0.25, 0.3) is 0 Å². The van der Waals surface area contributed by atoms with Crippen LogP contribution in [0.2, 0.25) is 0 Å². The van der Waals surface area contributed by atoms with E-state index in [4.69, 9.17) is 0 Å². The maximum Gasteiger partial charge on any atom is 0.208 e. The lowest BCUT2D eigenvalue weighted by atomic mass is 10.1. The summed E-state index contributed by atoms with van der Waals surface area (Å²) in [7, 11) is 0.